The monoisotopic (exact) mass is 293 g/mol. The second kappa shape index (κ2) is 7.14. The van der Waals surface area contributed by atoms with Crippen molar-refractivity contribution in [3.63, 3.8) is 0 Å². The maximum Gasteiger partial charge on any atom is 0.235 e. The summed E-state index contributed by atoms with van der Waals surface area (Å²) >= 11 is 4.47. The van der Waals surface area contributed by atoms with Crippen LogP contribution in [-0.2, 0) is 11.2 Å². The van der Waals surface area contributed by atoms with Crippen LogP contribution in [0.25, 0.3) is 0 Å². The first kappa shape index (κ1) is 15.4. The molecule has 2 rings (SSSR count). The SMILES string of the molecule is CC(O)C1CCN(C(=O)C(S)Cc2ccccc2)CC1. The van der Waals surface area contributed by atoms with Crippen molar-refractivity contribution >= 4 is 18.5 Å². The van der Waals surface area contributed by atoms with Gasteiger partial charge in [-0.1, -0.05) is 30.3 Å². The summed E-state index contributed by atoms with van der Waals surface area (Å²) in [5, 5.41) is 9.31. The summed E-state index contributed by atoms with van der Waals surface area (Å²) in [6, 6.07) is 9.98. The van der Waals surface area contributed by atoms with Crippen molar-refractivity contribution in [2.24, 2.45) is 5.92 Å². The zero-order valence-electron chi connectivity index (χ0n) is 11.9. The highest BCUT2D eigenvalue weighted by Crippen LogP contribution is 2.22. The highest BCUT2D eigenvalue weighted by Gasteiger charge is 2.28. The summed E-state index contributed by atoms with van der Waals surface area (Å²) in [6.07, 6.45) is 2.16. The summed E-state index contributed by atoms with van der Waals surface area (Å²) in [5.41, 5.74) is 1.14. The predicted molar refractivity (Wildman–Crippen MR) is 83.9 cm³/mol. The Kier molecular flexibility index (Phi) is 5.49. The molecule has 0 radical (unpaired) electrons. The average molecular weight is 293 g/mol. The van der Waals surface area contributed by atoms with E-state index in [0.29, 0.717) is 12.3 Å². The van der Waals surface area contributed by atoms with Crippen molar-refractivity contribution in [3.8, 4) is 0 Å². The number of carbonyl (C=O) groups is 1. The van der Waals surface area contributed by atoms with Gasteiger partial charge in [-0.3, -0.25) is 4.79 Å². The average Bonchev–Trinajstić information content (AvgIpc) is 2.47. The third-order valence-corrected chi connectivity index (χ3v) is 4.49. The van der Waals surface area contributed by atoms with E-state index >= 15 is 0 Å². The molecule has 0 bridgehead atoms. The van der Waals surface area contributed by atoms with Crippen LogP contribution in [0.4, 0.5) is 0 Å². The normalized spacial score (nSPS) is 19.6. The lowest BCUT2D eigenvalue weighted by molar-refractivity contribution is -0.132. The molecule has 0 spiro atoms. The van der Waals surface area contributed by atoms with Gasteiger partial charge in [-0.25, -0.2) is 0 Å². The van der Waals surface area contributed by atoms with Crippen LogP contribution in [0.15, 0.2) is 30.3 Å². The molecule has 1 N–H and O–H groups in total. The molecule has 2 atom stereocenters. The van der Waals surface area contributed by atoms with Gasteiger partial charge in [-0.05, 0) is 37.7 Å². The number of aliphatic hydroxyl groups is 1. The van der Waals surface area contributed by atoms with Crippen LogP contribution in [-0.4, -0.2) is 40.4 Å². The number of aliphatic hydroxyl groups excluding tert-OH is 1. The molecule has 1 aromatic carbocycles. The predicted octanol–water partition coefficient (Wildman–Crippen LogP) is 2.15. The Bertz CT molecular complexity index is 427. The van der Waals surface area contributed by atoms with Crippen molar-refractivity contribution in [1.82, 2.24) is 4.90 Å². The van der Waals surface area contributed by atoms with Crippen molar-refractivity contribution in [3.05, 3.63) is 35.9 Å². The summed E-state index contributed by atoms with van der Waals surface area (Å²) < 4.78 is 0. The molecule has 3 nitrogen and oxygen atoms in total. The van der Waals surface area contributed by atoms with Crippen LogP contribution in [0.3, 0.4) is 0 Å². The summed E-state index contributed by atoms with van der Waals surface area (Å²) in [7, 11) is 0. The zero-order chi connectivity index (χ0) is 14.5. The number of rotatable bonds is 4. The number of carbonyl (C=O) groups excluding carboxylic acids is 1. The molecule has 2 unspecified atom stereocenters. The molecule has 4 heteroatoms. The van der Waals surface area contributed by atoms with Crippen LogP contribution in [0.2, 0.25) is 0 Å². The minimum atomic E-state index is -0.277. The second-order valence-corrected chi connectivity index (χ2v) is 6.23. The molecule has 1 fully saturated rings. The highest BCUT2D eigenvalue weighted by molar-refractivity contribution is 7.81. The van der Waals surface area contributed by atoms with Crippen molar-refractivity contribution < 1.29 is 9.90 Å². The molecule has 0 aromatic heterocycles. The van der Waals surface area contributed by atoms with Gasteiger partial charge in [0.25, 0.3) is 0 Å². The molecule has 1 aliphatic heterocycles. The van der Waals surface area contributed by atoms with Gasteiger partial charge in [0, 0.05) is 13.1 Å². The molecule has 110 valence electrons. The number of nitrogens with zero attached hydrogens (tertiary/aromatic N) is 1. The van der Waals surface area contributed by atoms with E-state index < -0.39 is 0 Å². The first-order chi connectivity index (χ1) is 9.58. The molecule has 1 heterocycles. The number of likely N-dealkylation sites (tertiary alicyclic amines) is 1. The lowest BCUT2D eigenvalue weighted by atomic mass is 9.92. The number of benzene rings is 1. The molecule has 1 amide bonds. The summed E-state index contributed by atoms with van der Waals surface area (Å²) in [6.45, 7) is 3.31. The fourth-order valence-corrected chi connectivity index (χ4v) is 3.11. The largest absolute Gasteiger partial charge is 0.393 e. The van der Waals surface area contributed by atoms with Gasteiger partial charge in [0.1, 0.15) is 0 Å². The topological polar surface area (TPSA) is 40.5 Å². The molecule has 0 aliphatic carbocycles. The van der Waals surface area contributed by atoms with E-state index in [-0.39, 0.29) is 17.3 Å². The Labute approximate surface area is 126 Å². The van der Waals surface area contributed by atoms with Gasteiger partial charge < -0.3 is 10.0 Å². The van der Waals surface area contributed by atoms with Gasteiger partial charge in [-0.2, -0.15) is 12.6 Å². The van der Waals surface area contributed by atoms with Crippen LogP contribution in [0.5, 0.6) is 0 Å². The summed E-state index contributed by atoms with van der Waals surface area (Å²) in [5.74, 6) is 0.438. The van der Waals surface area contributed by atoms with E-state index in [0.717, 1.165) is 31.5 Å². The maximum absolute atomic E-state index is 12.4. The third-order valence-electron chi connectivity index (χ3n) is 4.09. The number of thiol groups is 1. The molecule has 20 heavy (non-hydrogen) atoms. The van der Waals surface area contributed by atoms with Crippen molar-refractivity contribution in [2.75, 3.05) is 13.1 Å². The number of hydrogen-bond donors (Lipinski definition) is 2. The van der Waals surface area contributed by atoms with E-state index in [9.17, 15) is 9.90 Å². The Morgan fingerprint density at radius 3 is 2.50 bits per heavy atom. The van der Waals surface area contributed by atoms with E-state index in [1.165, 1.54) is 0 Å². The van der Waals surface area contributed by atoms with Crippen LogP contribution in [0.1, 0.15) is 25.3 Å². The van der Waals surface area contributed by atoms with Crippen molar-refractivity contribution in [2.45, 2.75) is 37.5 Å². The second-order valence-electron chi connectivity index (χ2n) is 5.61. The zero-order valence-corrected chi connectivity index (χ0v) is 12.8. The van der Waals surface area contributed by atoms with Gasteiger partial charge in [-0.15, -0.1) is 0 Å². The third kappa shape index (κ3) is 4.00. The standard InChI is InChI=1S/C16H23NO2S/c1-12(18)14-7-9-17(10-8-14)16(19)15(20)11-13-5-3-2-4-6-13/h2-6,12,14-15,18,20H,7-11H2,1H3. The van der Waals surface area contributed by atoms with E-state index in [1.54, 1.807) is 0 Å². The van der Waals surface area contributed by atoms with E-state index in [4.69, 9.17) is 0 Å². The molecular weight excluding hydrogens is 270 g/mol. The molecule has 1 aliphatic rings. The summed E-state index contributed by atoms with van der Waals surface area (Å²) in [4.78, 5) is 14.3. The highest BCUT2D eigenvalue weighted by atomic mass is 32.1. The maximum atomic E-state index is 12.4. The fourth-order valence-electron chi connectivity index (χ4n) is 2.74. The van der Waals surface area contributed by atoms with Crippen LogP contribution in [0, 0.1) is 5.92 Å². The number of amides is 1. The first-order valence-corrected chi connectivity index (χ1v) is 7.78. The van der Waals surface area contributed by atoms with Crippen LogP contribution < -0.4 is 0 Å². The van der Waals surface area contributed by atoms with Crippen LogP contribution >= 0.6 is 12.6 Å². The molecule has 0 saturated carbocycles. The van der Waals surface area contributed by atoms with Gasteiger partial charge in [0.2, 0.25) is 5.91 Å². The molecule has 1 aromatic rings. The van der Waals surface area contributed by atoms with Gasteiger partial charge in [0.05, 0.1) is 11.4 Å². The number of hydrogen-bond acceptors (Lipinski definition) is 3. The van der Waals surface area contributed by atoms with Gasteiger partial charge in [0.15, 0.2) is 0 Å². The molecular formula is C16H23NO2S. The Hall–Kier alpha value is -1.00. The quantitative estimate of drug-likeness (QED) is 0.835. The fraction of sp³-hybridized carbons (Fsp3) is 0.562. The molecule has 1 saturated heterocycles. The Balaban J connectivity index is 1.85. The minimum absolute atomic E-state index is 0.112. The minimum Gasteiger partial charge on any atom is -0.393 e. The van der Waals surface area contributed by atoms with Gasteiger partial charge >= 0.3 is 0 Å². The smallest absolute Gasteiger partial charge is 0.235 e. The first-order valence-electron chi connectivity index (χ1n) is 7.26. The van der Waals surface area contributed by atoms with E-state index in [2.05, 4.69) is 12.6 Å². The number of piperidine rings is 1. The lowest BCUT2D eigenvalue weighted by Crippen LogP contribution is -2.44. The lowest BCUT2D eigenvalue weighted by Gasteiger charge is -2.34. The Morgan fingerprint density at radius 2 is 1.95 bits per heavy atom. The van der Waals surface area contributed by atoms with Crippen molar-refractivity contribution in [1.29, 1.82) is 0 Å². The van der Waals surface area contributed by atoms with E-state index in [1.807, 2.05) is 42.2 Å². The Morgan fingerprint density at radius 1 is 1.35 bits per heavy atom.